The highest BCUT2D eigenvalue weighted by atomic mass is 32.2. The van der Waals surface area contributed by atoms with E-state index in [0.717, 1.165) is 38.2 Å². The Morgan fingerprint density at radius 1 is 1.35 bits per heavy atom. The molecule has 1 fully saturated rings. The number of hydrogen-bond donors (Lipinski definition) is 2. The van der Waals surface area contributed by atoms with Crippen molar-refractivity contribution in [2.45, 2.75) is 25.0 Å². The fraction of sp³-hybridized carbons (Fsp3) is 0.526. The van der Waals surface area contributed by atoms with Crippen LogP contribution in [0, 0.1) is 5.92 Å². The monoisotopic (exact) mass is 374 g/mol. The van der Waals surface area contributed by atoms with Crippen LogP contribution in [0.5, 0.6) is 0 Å². The number of para-hydroxylation sites is 1. The van der Waals surface area contributed by atoms with Gasteiger partial charge in [0.1, 0.15) is 5.82 Å². The largest absolute Gasteiger partial charge is 0.343 e. The average Bonchev–Trinajstić information content (AvgIpc) is 2.66. The van der Waals surface area contributed by atoms with Crippen LogP contribution in [0.25, 0.3) is 10.9 Å². The maximum Gasteiger partial charge on any atom is 0.258 e. The Morgan fingerprint density at radius 2 is 2.12 bits per heavy atom. The van der Waals surface area contributed by atoms with Crippen LogP contribution in [-0.2, 0) is 10.5 Å². The van der Waals surface area contributed by atoms with Crippen molar-refractivity contribution in [2.75, 3.05) is 32.4 Å². The molecule has 0 bridgehead atoms. The van der Waals surface area contributed by atoms with Crippen molar-refractivity contribution in [3.8, 4) is 0 Å². The molecule has 140 valence electrons. The summed E-state index contributed by atoms with van der Waals surface area (Å²) in [4.78, 5) is 33.7. The Balaban J connectivity index is 1.43. The molecule has 0 spiro atoms. The predicted octanol–water partition coefficient (Wildman–Crippen LogP) is 2.00. The van der Waals surface area contributed by atoms with E-state index < -0.39 is 0 Å². The molecule has 2 heterocycles. The van der Waals surface area contributed by atoms with E-state index in [4.69, 9.17) is 0 Å². The second-order valence-electron chi connectivity index (χ2n) is 6.71. The maximum absolute atomic E-state index is 12.3. The van der Waals surface area contributed by atoms with Gasteiger partial charge in [-0.15, -0.1) is 0 Å². The number of H-pyrrole nitrogens is 1. The van der Waals surface area contributed by atoms with Gasteiger partial charge in [-0.1, -0.05) is 12.1 Å². The molecule has 6 nitrogen and oxygen atoms in total. The first-order chi connectivity index (χ1) is 12.7. The molecule has 0 aliphatic carbocycles. The predicted molar refractivity (Wildman–Crippen MR) is 106 cm³/mol. The van der Waals surface area contributed by atoms with Gasteiger partial charge in [-0.05, 0) is 44.5 Å². The summed E-state index contributed by atoms with van der Waals surface area (Å²) in [6, 6.07) is 7.33. The van der Waals surface area contributed by atoms with E-state index in [1.54, 1.807) is 17.8 Å². The molecule has 1 aliphatic rings. The smallest absolute Gasteiger partial charge is 0.258 e. The second kappa shape index (κ2) is 9.19. The van der Waals surface area contributed by atoms with Crippen LogP contribution < -0.4 is 10.9 Å². The molecule has 0 radical (unpaired) electrons. The van der Waals surface area contributed by atoms with Gasteiger partial charge in [-0.25, -0.2) is 4.98 Å². The number of rotatable bonds is 7. The molecule has 0 unspecified atom stereocenters. The Labute approximate surface area is 157 Å². The molecule has 26 heavy (non-hydrogen) atoms. The minimum atomic E-state index is -0.105. The number of aromatic amines is 1. The van der Waals surface area contributed by atoms with Gasteiger partial charge in [-0.3, -0.25) is 9.59 Å². The van der Waals surface area contributed by atoms with E-state index in [2.05, 4.69) is 15.3 Å². The molecule has 1 aromatic carbocycles. The fourth-order valence-corrected chi connectivity index (χ4v) is 4.16. The number of carbonyl (C=O) groups excluding carboxylic acids is 1. The SMILES string of the molecule is CNCC1CCN(C(=O)CCSCc2nc3ccccc3c(=O)[nH]2)CC1. The lowest BCUT2D eigenvalue weighted by atomic mass is 9.97. The van der Waals surface area contributed by atoms with E-state index in [9.17, 15) is 9.59 Å². The lowest BCUT2D eigenvalue weighted by molar-refractivity contribution is -0.132. The van der Waals surface area contributed by atoms with E-state index in [1.165, 1.54) is 0 Å². The van der Waals surface area contributed by atoms with Gasteiger partial charge in [0.15, 0.2) is 0 Å². The first-order valence-electron chi connectivity index (χ1n) is 9.15. The van der Waals surface area contributed by atoms with Crippen LogP contribution in [-0.4, -0.2) is 53.2 Å². The van der Waals surface area contributed by atoms with Crippen molar-refractivity contribution in [3.63, 3.8) is 0 Å². The number of carbonyl (C=O) groups is 1. The van der Waals surface area contributed by atoms with Crippen LogP contribution >= 0.6 is 11.8 Å². The van der Waals surface area contributed by atoms with Crippen LogP contribution in [0.1, 0.15) is 25.1 Å². The zero-order valence-electron chi connectivity index (χ0n) is 15.2. The van der Waals surface area contributed by atoms with Gasteiger partial charge in [0.2, 0.25) is 5.91 Å². The van der Waals surface area contributed by atoms with Gasteiger partial charge in [0.05, 0.1) is 16.7 Å². The minimum Gasteiger partial charge on any atom is -0.343 e. The van der Waals surface area contributed by atoms with E-state index >= 15 is 0 Å². The highest BCUT2D eigenvalue weighted by Crippen LogP contribution is 2.18. The van der Waals surface area contributed by atoms with Gasteiger partial charge in [0, 0.05) is 25.3 Å². The standard InChI is InChI=1S/C19H26N4O2S/c1-20-12-14-6-9-23(10-7-14)18(24)8-11-26-13-17-21-16-5-3-2-4-15(16)19(25)22-17/h2-5,14,20H,6-13H2,1H3,(H,21,22,25). The summed E-state index contributed by atoms with van der Waals surface area (Å²) in [5.74, 6) is 2.94. The number of thioether (sulfide) groups is 1. The molecule has 2 aromatic rings. The average molecular weight is 375 g/mol. The number of likely N-dealkylation sites (tertiary alicyclic amines) is 1. The van der Waals surface area contributed by atoms with E-state index in [1.807, 2.05) is 30.1 Å². The molecule has 1 aromatic heterocycles. The first-order valence-corrected chi connectivity index (χ1v) is 10.3. The molecule has 3 rings (SSSR count). The summed E-state index contributed by atoms with van der Waals surface area (Å²) in [7, 11) is 1.98. The Hall–Kier alpha value is -1.86. The molecule has 1 saturated heterocycles. The van der Waals surface area contributed by atoms with Gasteiger partial charge in [0.25, 0.3) is 5.56 Å². The highest BCUT2D eigenvalue weighted by molar-refractivity contribution is 7.98. The number of benzene rings is 1. The summed E-state index contributed by atoms with van der Waals surface area (Å²) in [5, 5.41) is 3.83. The molecular weight excluding hydrogens is 348 g/mol. The summed E-state index contributed by atoms with van der Waals surface area (Å²) < 4.78 is 0. The molecule has 1 aliphatic heterocycles. The number of piperidine rings is 1. The molecule has 2 N–H and O–H groups in total. The van der Waals surface area contributed by atoms with Crippen molar-refractivity contribution >= 4 is 28.6 Å². The van der Waals surface area contributed by atoms with Crippen molar-refractivity contribution < 1.29 is 4.79 Å². The Bertz CT molecular complexity index is 799. The van der Waals surface area contributed by atoms with Gasteiger partial charge < -0.3 is 15.2 Å². The Kier molecular flexibility index (Phi) is 6.68. The third kappa shape index (κ3) is 4.86. The molecule has 7 heteroatoms. The zero-order valence-corrected chi connectivity index (χ0v) is 16.0. The van der Waals surface area contributed by atoms with Crippen LogP contribution in [0.2, 0.25) is 0 Å². The van der Waals surface area contributed by atoms with Crippen molar-refractivity contribution in [3.05, 3.63) is 40.4 Å². The lowest BCUT2D eigenvalue weighted by Gasteiger charge is -2.32. The first kappa shape index (κ1) is 18.9. The van der Waals surface area contributed by atoms with Crippen LogP contribution in [0.4, 0.5) is 0 Å². The topological polar surface area (TPSA) is 78.1 Å². The second-order valence-corrected chi connectivity index (χ2v) is 7.82. The quantitative estimate of drug-likeness (QED) is 0.725. The number of fused-ring (bicyclic) bond motifs is 1. The fourth-order valence-electron chi connectivity index (χ4n) is 3.36. The summed E-state index contributed by atoms with van der Waals surface area (Å²) >= 11 is 1.63. The number of amides is 1. The number of nitrogens with zero attached hydrogens (tertiary/aromatic N) is 2. The summed E-state index contributed by atoms with van der Waals surface area (Å²) in [6.07, 6.45) is 2.71. The lowest BCUT2D eigenvalue weighted by Crippen LogP contribution is -2.40. The number of aromatic nitrogens is 2. The zero-order chi connectivity index (χ0) is 18.4. The minimum absolute atomic E-state index is 0.105. The van der Waals surface area contributed by atoms with E-state index in [0.29, 0.717) is 34.8 Å². The van der Waals surface area contributed by atoms with Crippen molar-refractivity contribution in [2.24, 2.45) is 5.92 Å². The van der Waals surface area contributed by atoms with Gasteiger partial charge in [-0.2, -0.15) is 11.8 Å². The summed E-state index contributed by atoms with van der Waals surface area (Å²) in [6.45, 7) is 2.78. The third-order valence-electron chi connectivity index (χ3n) is 4.82. The van der Waals surface area contributed by atoms with Gasteiger partial charge >= 0.3 is 0 Å². The number of nitrogens with one attached hydrogen (secondary N) is 2. The van der Waals surface area contributed by atoms with E-state index in [-0.39, 0.29) is 11.5 Å². The molecule has 1 amide bonds. The third-order valence-corrected chi connectivity index (χ3v) is 5.79. The normalized spacial score (nSPS) is 15.5. The molecule has 0 atom stereocenters. The van der Waals surface area contributed by atoms with Crippen LogP contribution in [0.15, 0.2) is 29.1 Å². The maximum atomic E-state index is 12.3. The summed E-state index contributed by atoms with van der Waals surface area (Å²) in [5.41, 5.74) is 0.610. The van der Waals surface area contributed by atoms with Crippen molar-refractivity contribution in [1.29, 1.82) is 0 Å². The van der Waals surface area contributed by atoms with Crippen molar-refractivity contribution in [1.82, 2.24) is 20.2 Å². The number of hydrogen-bond acceptors (Lipinski definition) is 5. The molecular formula is C19H26N4O2S. The highest BCUT2D eigenvalue weighted by Gasteiger charge is 2.21. The Morgan fingerprint density at radius 3 is 2.88 bits per heavy atom. The van der Waals surface area contributed by atoms with Crippen LogP contribution in [0.3, 0.4) is 0 Å². The molecule has 0 saturated carbocycles.